The monoisotopic (exact) mass is 222 g/mol. The predicted octanol–water partition coefficient (Wildman–Crippen LogP) is 3.22. The molecule has 2 unspecified atom stereocenters. The Hall–Kier alpha value is 0.440. The van der Waals surface area contributed by atoms with Gasteiger partial charge in [0.05, 0.1) is 5.60 Å². The third-order valence-electron chi connectivity index (χ3n) is 2.39. The molecule has 0 aromatic rings. The molecule has 2 atom stereocenters. The zero-order chi connectivity index (χ0) is 8.91. The molecule has 0 N–H and O–H groups in total. The second kappa shape index (κ2) is 5.15. The molecule has 0 rings (SSSR count). The summed E-state index contributed by atoms with van der Waals surface area (Å²) in [6.45, 7) is 9.44. The van der Waals surface area contributed by atoms with Crippen LogP contribution in [0.1, 0.15) is 34.1 Å². The molecule has 0 aliphatic rings. The standard InChI is InChI=1S/C9H19BrO/c1-5-8(3)9(4,7-10)11-6-2/h8H,5-7H2,1-4H3. The summed E-state index contributed by atoms with van der Waals surface area (Å²) in [5.74, 6) is 0.613. The van der Waals surface area contributed by atoms with Crippen LogP contribution in [0.25, 0.3) is 0 Å². The van der Waals surface area contributed by atoms with Crippen LogP contribution in [0.2, 0.25) is 0 Å². The van der Waals surface area contributed by atoms with Crippen molar-refractivity contribution in [3.05, 3.63) is 0 Å². The molecule has 2 heteroatoms. The normalized spacial score (nSPS) is 19.4. The smallest absolute Gasteiger partial charge is 0.0775 e. The highest BCUT2D eigenvalue weighted by molar-refractivity contribution is 9.09. The second-order valence-electron chi connectivity index (χ2n) is 3.19. The maximum absolute atomic E-state index is 5.68. The van der Waals surface area contributed by atoms with Crippen molar-refractivity contribution < 1.29 is 4.74 Å². The van der Waals surface area contributed by atoms with Crippen LogP contribution in [0.3, 0.4) is 0 Å². The lowest BCUT2D eigenvalue weighted by molar-refractivity contribution is -0.0451. The third kappa shape index (κ3) is 3.12. The number of alkyl halides is 1. The van der Waals surface area contributed by atoms with Gasteiger partial charge in [-0.15, -0.1) is 0 Å². The fourth-order valence-electron chi connectivity index (χ4n) is 1.07. The fraction of sp³-hybridized carbons (Fsp3) is 1.00. The first kappa shape index (κ1) is 11.4. The van der Waals surface area contributed by atoms with Crippen LogP contribution in [0, 0.1) is 5.92 Å². The van der Waals surface area contributed by atoms with E-state index in [1.165, 1.54) is 6.42 Å². The second-order valence-corrected chi connectivity index (χ2v) is 3.75. The third-order valence-corrected chi connectivity index (χ3v) is 3.51. The SMILES string of the molecule is CCOC(C)(CBr)C(C)CC. The average molecular weight is 223 g/mol. The highest BCUT2D eigenvalue weighted by Gasteiger charge is 2.28. The van der Waals surface area contributed by atoms with E-state index >= 15 is 0 Å². The lowest BCUT2D eigenvalue weighted by atomic mass is 9.90. The molecule has 0 aromatic carbocycles. The lowest BCUT2D eigenvalue weighted by Crippen LogP contribution is -2.37. The molecule has 0 fully saturated rings. The van der Waals surface area contributed by atoms with Gasteiger partial charge in [0.2, 0.25) is 0 Å². The first-order valence-electron chi connectivity index (χ1n) is 4.30. The van der Waals surface area contributed by atoms with Gasteiger partial charge in [-0.3, -0.25) is 0 Å². The van der Waals surface area contributed by atoms with E-state index in [1.807, 2.05) is 6.92 Å². The minimum atomic E-state index is 0.0174. The maximum atomic E-state index is 5.68. The summed E-state index contributed by atoms with van der Waals surface area (Å²) in [5, 5.41) is 0.919. The number of ether oxygens (including phenoxy) is 1. The van der Waals surface area contributed by atoms with Crippen LogP contribution in [-0.4, -0.2) is 17.5 Å². The van der Waals surface area contributed by atoms with Gasteiger partial charge >= 0.3 is 0 Å². The first-order chi connectivity index (χ1) is 5.10. The van der Waals surface area contributed by atoms with Crippen LogP contribution < -0.4 is 0 Å². The summed E-state index contributed by atoms with van der Waals surface area (Å²) in [6, 6.07) is 0. The molecular formula is C9H19BrO. The van der Waals surface area contributed by atoms with Crippen LogP contribution in [-0.2, 0) is 4.74 Å². The van der Waals surface area contributed by atoms with Gasteiger partial charge in [-0.1, -0.05) is 36.2 Å². The molecule has 11 heavy (non-hydrogen) atoms. The Morgan fingerprint density at radius 3 is 2.27 bits per heavy atom. The molecule has 0 aromatic heterocycles. The summed E-state index contributed by atoms with van der Waals surface area (Å²) in [5.41, 5.74) is 0.0174. The zero-order valence-electron chi connectivity index (χ0n) is 7.98. The maximum Gasteiger partial charge on any atom is 0.0775 e. The van der Waals surface area contributed by atoms with E-state index in [-0.39, 0.29) is 5.60 Å². The van der Waals surface area contributed by atoms with E-state index in [4.69, 9.17) is 4.74 Å². The molecule has 0 spiro atoms. The summed E-state index contributed by atoms with van der Waals surface area (Å²) in [4.78, 5) is 0. The Bertz CT molecular complexity index is 106. The number of halogens is 1. The highest BCUT2D eigenvalue weighted by atomic mass is 79.9. The molecule has 0 radical (unpaired) electrons. The van der Waals surface area contributed by atoms with Crippen molar-refractivity contribution in [2.75, 3.05) is 11.9 Å². The van der Waals surface area contributed by atoms with Gasteiger partial charge in [-0.05, 0) is 19.8 Å². The Kier molecular flexibility index (Phi) is 5.36. The molecule has 0 saturated carbocycles. The Balaban J connectivity index is 4.07. The van der Waals surface area contributed by atoms with Gasteiger partial charge in [-0.2, -0.15) is 0 Å². The molecule has 0 bridgehead atoms. The van der Waals surface area contributed by atoms with Gasteiger partial charge in [0.1, 0.15) is 0 Å². The van der Waals surface area contributed by atoms with E-state index in [0.717, 1.165) is 11.9 Å². The van der Waals surface area contributed by atoms with E-state index < -0.39 is 0 Å². The van der Waals surface area contributed by atoms with E-state index in [1.54, 1.807) is 0 Å². The molecule has 0 saturated heterocycles. The van der Waals surface area contributed by atoms with Crippen LogP contribution >= 0.6 is 15.9 Å². The quantitative estimate of drug-likeness (QED) is 0.650. The van der Waals surface area contributed by atoms with Gasteiger partial charge < -0.3 is 4.74 Å². The van der Waals surface area contributed by atoms with Crippen molar-refractivity contribution in [1.29, 1.82) is 0 Å². The predicted molar refractivity (Wildman–Crippen MR) is 53.3 cm³/mol. The Morgan fingerprint density at radius 1 is 1.45 bits per heavy atom. The lowest BCUT2D eigenvalue weighted by Gasteiger charge is -2.33. The topological polar surface area (TPSA) is 9.23 Å². The van der Waals surface area contributed by atoms with Crippen LogP contribution in [0.5, 0.6) is 0 Å². The van der Waals surface area contributed by atoms with Crippen molar-refractivity contribution in [3.8, 4) is 0 Å². The van der Waals surface area contributed by atoms with E-state index in [9.17, 15) is 0 Å². The summed E-state index contributed by atoms with van der Waals surface area (Å²) < 4.78 is 5.68. The number of hydrogen-bond acceptors (Lipinski definition) is 1. The Labute approximate surface area is 78.6 Å². The summed E-state index contributed by atoms with van der Waals surface area (Å²) in [7, 11) is 0. The molecule has 0 heterocycles. The van der Waals surface area contributed by atoms with Crippen molar-refractivity contribution in [1.82, 2.24) is 0 Å². The van der Waals surface area contributed by atoms with Crippen molar-refractivity contribution in [2.24, 2.45) is 5.92 Å². The van der Waals surface area contributed by atoms with Crippen molar-refractivity contribution in [3.63, 3.8) is 0 Å². The average Bonchev–Trinajstić information content (AvgIpc) is 2.03. The van der Waals surface area contributed by atoms with Gasteiger partial charge in [-0.25, -0.2) is 0 Å². The van der Waals surface area contributed by atoms with E-state index in [2.05, 4.69) is 36.7 Å². The summed E-state index contributed by atoms with van der Waals surface area (Å²) in [6.07, 6.45) is 1.17. The molecule has 0 aliphatic heterocycles. The minimum Gasteiger partial charge on any atom is -0.374 e. The van der Waals surface area contributed by atoms with Gasteiger partial charge in [0, 0.05) is 11.9 Å². The number of hydrogen-bond donors (Lipinski definition) is 0. The highest BCUT2D eigenvalue weighted by Crippen LogP contribution is 2.26. The Morgan fingerprint density at radius 2 is 2.00 bits per heavy atom. The van der Waals surface area contributed by atoms with E-state index in [0.29, 0.717) is 5.92 Å². The molecule has 68 valence electrons. The molecule has 0 amide bonds. The zero-order valence-corrected chi connectivity index (χ0v) is 9.57. The van der Waals surface area contributed by atoms with Gasteiger partial charge in [0.25, 0.3) is 0 Å². The number of rotatable bonds is 5. The van der Waals surface area contributed by atoms with Gasteiger partial charge in [0.15, 0.2) is 0 Å². The largest absolute Gasteiger partial charge is 0.374 e. The minimum absolute atomic E-state index is 0.0174. The fourth-order valence-corrected chi connectivity index (χ4v) is 1.79. The van der Waals surface area contributed by atoms with Crippen LogP contribution in [0.4, 0.5) is 0 Å². The summed E-state index contributed by atoms with van der Waals surface area (Å²) >= 11 is 3.49. The first-order valence-corrected chi connectivity index (χ1v) is 5.42. The molecule has 1 nitrogen and oxygen atoms in total. The van der Waals surface area contributed by atoms with Crippen LogP contribution in [0.15, 0.2) is 0 Å². The van der Waals surface area contributed by atoms with Crippen molar-refractivity contribution in [2.45, 2.75) is 39.7 Å². The van der Waals surface area contributed by atoms with Crippen molar-refractivity contribution >= 4 is 15.9 Å². The molecule has 0 aliphatic carbocycles. The molecular weight excluding hydrogens is 204 g/mol.